The van der Waals surface area contributed by atoms with E-state index in [1.54, 1.807) is 0 Å². The zero-order chi connectivity index (χ0) is 18.0. The van der Waals surface area contributed by atoms with Crippen molar-refractivity contribution in [3.8, 4) is 0 Å². The van der Waals surface area contributed by atoms with E-state index in [4.69, 9.17) is 14.5 Å². The zero-order valence-corrected chi connectivity index (χ0v) is 16.6. The summed E-state index contributed by atoms with van der Waals surface area (Å²) in [7, 11) is 0. The van der Waals surface area contributed by atoms with Crippen molar-refractivity contribution in [2.45, 2.75) is 71.8 Å². The van der Waals surface area contributed by atoms with Crippen LogP contribution >= 0.6 is 0 Å². The molecule has 1 aliphatic heterocycles. The Balaban J connectivity index is 1.60. The molecule has 25 heavy (non-hydrogen) atoms. The second kappa shape index (κ2) is 11.0. The molecule has 1 saturated carbocycles. The minimum absolute atomic E-state index is 0.509. The maximum absolute atomic E-state index is 5.82. The molecule has 2 aliphatic rings. The topological polar surface area (TPSA) is 54.9 Å². The molecule has 1 aliphatic carbocycles. The lowest BCUT2D eigenvalue weighted by Gasteiger charge is -2.35. The summed E-state index contributed by atoms with van der Waals surface area (Å²) in [6.07, 6.45) is 8.35. The number of aliphatic imine (C=N–C) groups is 1. The smallest absolute Gasteiger partial charge is 0.191 e. The second-order valence-corrected chi connectivity index (χ2v) is 8.33. The summed E-state index contributed by atoms with van der Waals surface area (Å²) < 4.78 is 11.2. The number of hydrogen-bond donors (Lipinski definition) is 2. The first-order valence-electron chi connectivity index (χ1n) is 10.3. The van der Waals surface area contributed by atoms with E-state index >= 15 is 0 Å². The van der Waals surface area contributed by atoms with Gasteiger partial charge in [-0.05, 0) is 63.2 Å². The molecule has 1 saturated heterocycles. The normalized spacial score (nSPS) is 22.8. The molecule has 0 unspecified atom stereocenters. The molecule has 0 aromatic carbocycles. The third kappa shape index (κ3) is 8.41. The summed E-state index contributed by atoms with van der Waals surface area (Å²) >= 11 is 0. The predicted octanol–water partition coefficient (Wildman–Crippen LogP) is 3.34. The number of guanidine groups is 1. The van der Waals surface area contributed by atoms with Gasteiger partial charge in [0.2, 0.25) is 0 Å². The quantitative estimate of drug-likeness (QED) is 0.399. The summed E-state index contributed by atoms with van der Waals surface area (Å²) in [5, 5.41) is 7.00. The largest absolute Gasteiger partial charge is 0.381 e. The van der Waals surface area contributed by atoms with Crippen LogP contribution in [0.5, 0.6) is 0 Å². The zero-order valence-electron chi connectivity index (χ0n) is 16.6. The summed E-state index contributed by atoms with van der Waals surface area (Å²) in [6.45, 7) is 12.1. The summed E-state index contributed by atoms with van der Waals surface area (Å²) in [5.74, 6) is 1.66. The van der Waals surface area contributed by atoms with Crippen LogP contribution in [0.1, 0.15) is 65.7 Å². The Labute approximate surface area is 154 Å². The van der Waals surface area contributed by atoms with Crippen molar-refractivity contribution in [2.24, 2.45) is 16.3 Å². The Bertz CT molecular complexity index is 382. The molecule has 0 amide bonds. The fourth-order valence-electron chi connectivity index (χ4n) is 3.58. The molecule has 0 bridgehead atoms. The van der Waals surface area contributed by atoms with E-state index in [1.807, 2.05) is 0 Å². The lowest BCUT2D eigenvalue weighted by Crippen LogP contribution is -2.45. The number of hydrogen-bond acceptors (Lipinski definition) is 3. The van der Waals surface area contributed by atoms with Gasteiger partial charge < -0.3 is 20.1 Å². The highest BCUT2D eigenvalue weighted by Crippen LogP contribution is 2.34. The van der Waals surface area contributed by atoms with Crippen molar-refractivity contribution >= 4 is 5.96 Å². The number of ether oxygens (including phenoxy) is 2. The number of rotatable bonds is 8. The van der Waals surface area contributed by atoms with Crippen LogP contribution in [0.25, 0.3) is 0 Å². The van der Waals surface area contributed by atoms with E-state index in [9.17, 15) is 0 Å². The van der Waals surface area contributed by atoms with Gasteiger partial charge in [0.25, 0.3) is 0 Å². The van der Waals surface area contributed by atoms with Crippen LogP contribution in [0, 0.1) is 11.3 Å². The van der Waals surface area contributed by atoms with Crippen LogP contribution in [0.15, 0.2) is 4.99 Å². The monoisotopic (exact) mass is 353 g/mol. The maximum atomic E-state index is 5.82. The minimum Gasteiger partial charge on any atom is -0.381 e. The molecule has 2 rings (SSSR count). The van der Waals surface area contributed by atoms with Crippen LogP contribution in [-0.2, 0) is 9.47 Å². The summed E-state index contributed by atoms with van der Waals surface area (Å²) in [6, 6.07) is 0.565. The van der Waals surface area contributed by atoms with Crippen molar-refractivity contribution in [2.75, 3.05) is 39.5 Å². The standard InChI is InChI=1S/C20H39N3O2/c1-4-21-19(23-18-6-10-20(2,3)11-7-18)22-12-5-13-25-16-17-8-14-24-15-9-17/h17-18H,4-16H2,1-3H3,(H2,21,22,23). The van der Waals surface area contributed by atoms with Crippen molar-refractivity contribution in [1.82, 2.24) is 10.6 Å². The van der Waals surface area contributed by atoms with E-state index in [2.05, 4.69) is 31.4 Å². The van der Waals surface area contributed by atoms with Gasteiger partial charge in [-0.15, -0.1) is 0 Å². The Morgan fingerprint density at radius 3 is 2.56 bits per heavy atom. The molecule has 5 heteroatoms. The predicted molar refractivity (Wildman–Crippen MR) is 104 cm³/mol. The molecule has 146 valence electrons. The van der Waals surface area contributed by atoms with Crippen molar-refractivity contribution < 1.29 is 9.47 Å². The lowest BCUT2D eigenvalue weighted by molar-refractivity contribution is 0.0205. The summed E-state index contributed by atoms with van der Waals surface area (Å²) in [5.41, 5.74) is 0.509. The number of nitrogens with one attached hydrogen (secondary N) is 2. The first-order valence-corrected chi connectivity index (χ1v) is 10.3. The Morgan fingerprint density at radius 2 is 1.88 bits per heavy atom. The van der Waals surface area contributed by atoms with Gasteiger partial charge in [0.15, 0.2) is 5.96 Å². The van der Waals surface area contributed by atoms with Crippen molar-refractivity contribution in [3.63, 3.8) is 0 Å². The van der Waals surface area contributed by atoms with E-state index < -0.39 is 0 Å². The van der Waals surface area contributed by atoms with Gasteiger partial charge in [0.1, 0.15) is 0 Å². The molecule has 0 aromatic heterocycles. The molecular weight excluding hydrogens is 314 g/mol. The Morgan fingerprint density at radius 1 is 1.16 bits per heavy atom. The van der Waals surface area contributed by atoms with Gasteiger partial charge in [-0.25, -0.2) is 0 Å². The third-order valence-corrected chi connectivity index (χ3v) is 5.44. The molecule has 0 aromatic rings. The van der Waals surface area contributed by atoms with Crippen LogP contribution in [-0.4, -0.2) is 51.5 Å². The Hall–Kier alpha value is -0.810. The molecule has 0 atom stereocenters. The summed E-state index contributed by atoms with van der Waals surface area (Å²) in [4.78, 5) is 4.72. The van der Waals surface area contributed by atoms with Gasteiger partial charge in [0.05, 0.1) is 0 Å². The molecule has 2 N–H and O–H groups in total. The third-order valence-electron chi connectivity index (χ3n) is 5.44. The van der Waals surface area contributed by atoms with E-state index in [1.165, 1.54) is 25.7 Å². The number of nitrogens with zero attached hydrogens (tertiary/aromatic N) is 1. The lowest BCUT2D eigenvalue weighted by atomic mass is 9.75. The fourth-order valence-corrected chi connectivity index (χ4v) is 3.58. The van der Waals surface area contributed by atoms with E-state index in [-0.39, 0.29) is 0 Å². The highest BCUT2D eigenvalue weighted by molar-refractivity contribution is 5.80. The van der Waals surface area contributed by atoms with Gasteiger partial charge in [0, 0.05) is 45.6 Å². The van der Waals surface area contributed by atoms with Crippen molar-refractivity contribution in [1.29, 1.82) is 0 Å². The van der Waals surface area contributed by atoms with Crippen molar-refractivity contribution in [3.05, 3.63) is 0 Å². The molecule has 1 heterocycles. The molecule has 0 spiro atoms. The minimum atomic E-state index is 0.509. The average Bonchev–Trinajstić information content (AvgIpc) is 2.60. The fraction of sp³-hybridized carbons (Fsp3) is 0.950. The van der Waals surface area contributed by atoms with Crippen LogP contribution < -0.4 is 10.6 Å². The molecule has 5 nitrogen and oxygen atoms in total. The highest BCUT2D eigenvalue weighted by atomic mass is 16.5. The SMILES string of the molecule is CCNC(=NCCCOCC1CCOCC1)NC1CCC(C)(C)CC1. The van der Waals surface area contributed by atoms with Crippen LogP contribution in [0.2, 0.25) is 0 Å². The van der Waals surface area contributed by atoms with Gasteiger partial charge >= 0.3 is 0 Å². The second-order valence-electron chi connectivity index (χ2n) is 8.33. The maximum Gasteiger partial charge on any atom is 0.191 e. The first-order chi connectivity index (χ1) is 12.1. The van der Waals surface area contributed by atoms with E-state index in [0.717, 1.165) is 64.7 Å². The highest BCUT2D eigenvalue weighted by Gasteiger charge is 2.27. The van der Waals surface area contributed by atoms with Gasteiger partial charge in [-0.3, -0.25) is 4.99 Å². The average molecular weight is 354 g/mol. The molecular formula is C20H39N3O2. The molecule has 2 fully saturated rings. The molecule has 0 radical (unpaired) electrons. The Kier molecular flexibility index (Phi) is 9.04. The van der Waals surface area contributed by atoms with Crippen LogP contribution in [0.3, 0.4) is 0 Å². The van der Waals surface area contributed by atoms with E-state index in [0.29, 0.717) is 17.4 Å². The van der Waals surface area contributed by atoms with Crippen LogP contribution in [0.4, 0.5) is 0 Å². The van der Waals surface area contributed by atoms with Gasteiger partial charge in [-0.2, -0.15) is 0 Å². The van der Waals surface area contributed by atoms with Gasteiger partial charge in [-0.1, -0.05) is 13.8 Å². The first kappa shape index (κ1) is 20.5.